The highest BCUT2D eigenvalue weighted by molar-refractivity contribution is 5.76. The van der Waals surface area contributed by atoms with E-state index in [9.17, 15) is 45.6 Å². The summed E-state index contributed by atoms with van der Waals surface area (Å²) in [4.78, 5) is 13.0. The van der Waals surface area contributed by atoms with Crippen LogP contribution in [-0.2, 0) is 23.7 Å². The minimum atomic E-state index is -1.79. The van der Waals surface area contributed by atoms with Crippen LogP contribution in [0.4, 0.5) is 0 Å². The van der Waals surface area contributed by atoms with E-state index in [1.807, 2.05) is 6.92 Å². The Balaban J connectivity index is 1.55. The van der Waals surface area contributed by atoms with Gasteiger partial charge >= 0.3 is 0 Å². The minimum Gasteiger partial charge on any atom is -0.394 e. The number of allylic oxidation sites excluding steroid dienone is 11. The molecule has 2 rings (SSSR count). The number of carbonyl (C=O) groups is 1. The second-order valence-corrected chi connectivity index (χ2v) is 18.3. The van der Waals surface area contributed by atoms with Crippen molar-refractivity contribution in [2.24, 2.45) is 0 Å². The van der Waals surface area contributed by atoms with Gasteiger partial charge < -0.3 is 65.1 Å². The third kappa shape index (κ3) is 26.6. The molecule has 68 heavy (non-hydrogen) atoms. The van der Waals surface area contributed by atoms with Crippen molar-refractivity contribution >= 4 is 5.91 Å². The molecule has 2 aliphatic heterocycles. The van der Waals surface area contributed by atoms with Gasteiger partial charge in [0.15, 0.2) is 12.6 Å². The van der Waals surface area contributed by atoms with Crippen molar-refractivity contribution < 1.29 is 64.6 Å². The number of aliphatic hydroxyl groups excluding tert-OH is 8. The summed E-state index contributed by atoms with van der Waals surface area (Å²) in [6.07, 6.45) is 35.1. The summed E-state index contributed by atoms with van der Waals surface area (Å²) >= 11 is 0. The molecule has 0 aromatic carbocycles. The van der Waals surface area contributed by atoms with Crippen molar-refractivity contribution in [2.45, 2.75) is 242 Å². The number of amides is 1. The van der Waals surface area contributed by atoms with Gasteiger partial charge in [-0.15, -0.1) is 0 Å². The molecule has 392 valence electrons. The SMILES string of the molecule is CC/C=C\C/C=C\C/C=C\C/C=C\C/C=C\CCCCCCCCCCCCCCCCCC(=O)NC(COC1OC(CO)C(OC2OC(CO)C(O)C(O)C2O)C(O)C1O)C(O)/C=C/CCC. The van der Waals surface area contributed by atoms with Crippen molar-refractivity contribution in [2.75, 3.05) is 19.8 Å². The first-order valence-electron chi connectivity index (χ1n) is 26.2. The fraction of sp³-hybridized carbons (Fsp3) is 0.759. The third-order valence-electron chi connectivity index (χ3n) is 12.4. The maximum Gasteiger partial charge on any atom is 0.220 e. The lowest BCUT2D eigenvalue weighted by Gasteiger charge is -2.46. The average molecular weight is 964 g/mol. The van der Waals surface area contributed by atoms with Gasteiger partial charge in [-0.05, 0) is 57.8 Å². The monoisotopic (exact) mass is 964 g/mol. The number of ether oxygens (including phenoxy) is 4. The fourth-order valence-corrected chi connectivity index (χ4v) is 8.15. The van der Waals surface area contributed by atoms with Gasteiger partial charge in [-0.2, -0.15) is 0 Å². The lowest BCUT2D eigenvalue weighted by atomic mass is 9.97. The number of carbonyl (C=O) groups excluding carboxylic acids is 1. The highest BCUT2D eigenvalue weighted by Gasteiger charge is 2.51. The van der Waals surface area contributed by atoms with Crippen molar-refractivity contribution in [3.8, 4) is 0 Å². The van der Waals surface area contributed by atoms with Gasteiger partial charge in [0.2, 0.25) is 5.91 Å². The van der Waals surface area contributed by atoms with Crippen molar-refractivity contribution in [1.82, 2.24) is 5.32 Å². The number of aliphatic hydroxyl groups is 8. The Labute approximate surface area is 408 Å². The van der Waals surface area contributed by atoms with E-state index in [2.05, 4.69) is 73.0 Å². The molecule has 0 radical (unpaired) electrons. The van der Waals surface area contributed by atoms with Crippen molar-refractivity contribution in [3.63, 3.8) is 0 Å². The van der Waals surface area contributed by atoms with E-state index in [0.29, 0.717) is 6.42 Å². The lowest BCUT2D eigenvalue weighted by Crippen LogP contribution is -2.65. The molecule has 0 aromatic heterocycles. The molecular weight excluding hydrogens is 871 g/mol. The topological polar surface area (TPSA) is 228 Å². The van der Waals surface area contributed by atoms with E-state index in [1.54, 1.807) is 12.2 Å². The van der Waals surface area contributed by atoms with Crippen LogP contribution in [0.15, 0.2) is 72.9 Å². The smallest absolute Gasteiger partial charge is 0.220 e. The number of nitrogens with one attached hydrogen (secondary N) is 1. The Bertz CT molecular complexity index is 1420. The lowest BCUT2D eigenvalue weighted by molar-refractivity contribution is -0.359. The van der Waals surface area contributed by atoms with E-state index < -0.39 is 86.8 Å². The van der Waals surface area contributed by atoms with E-state index in [-0.39, 0.29) is 18.9 Å². The maximum atomic E-state index is 13.0. The molecule has 0 spiro atoms. The van der Waals surface area contributed by atoms with Gasteiger partial charge in [0, 0.05) is 6.42 Å². The van der Waals surface area contributed by atoms with Crippen LogP contribution in [-0.4, -0.2) is 140 Å². The largest absolute Gasteiger partial charge is 0.394 e. The summed E-state index contributed by atoms with van der Waals surface area (Å²) < 4.78 is 22.5. The molecule has 2 heterocycles. The molecule has 12 unspecified atom stereocenters. The summed E-state index contributed by atoms with van der Waals surface area (Å²) in [5, 5.41) is 85.9. The molecule has 2 fully saturated rings. The third-order valence-corrected chi connectivity index (χ3v) is 12.4. The Hall–Kier alpha value is -2.57. The van der Waals surface area contributed by atoms with Crippen LogP contribution >= 0.6 is 0 Å². The summed E-state index contributed by atoms with van der Waals surface area (Å²) in [6, 6.07) is -0.912. The van der Waals surface area contributed by atoms with Crippen LogP contribution in [0.5, 0.6) is 0 Å². The van der Waals surface area contributed by atoms with E-state index in [1.165, 1.54) is 77.0 Å². The normalized spacial score (nSPS) is 27.0. The standard InChI is InChI=1S/C54H93NO13/c1-3-5-7-8-9-10-11-12-13-14-15-16-17-18-19-20-21-22-23-24-25-26-27-28-29-30-31-32-33-34-36-38-46(59)55-42(43(58)37-35-6-4-2)41-65-53-51(64)49(62)52(45(40-57)67-53)68-54-50(63)48(61)47(60)44(39-56)66-54/h5,7,9-10,12-13,15-16,18-19,35,37,42-45,47-54,56-58,60-64H,3-4,6,8,11,14,17,20-34,36,38-41H2,1-2H3,(H,55,59)/b7-5-,10-9-,13-12-,16-15-,19-18-,37-35+. The minimum absolute atomic E-state index is 0.255. The number of hydrogen-bond donors (Lipinski definition) is 9. The highest BCUT2D eigenvalue weighted by Crippen LogP contribution is 2.30. The first-order valence-corrected chi connectivity index (χ1v) is 26.2. The molecule has 0 aromatic rings. The van der Waals surface area contributed by atoms with Crippen LogP contribution in [0.25, 0.3) is 0 Å². The van der Waals surface area contributed by atoms with Gasteiger partial charge in [-0.1, -0.05) is 177 Å². The van der Waals surface area contributed by atoms with Gasteiger partial charge in [0.1, 0.15) is 48.8 Å². The second-order valence-electron chi connectivity index (χ2n) is 18.3. The average Bonchev–Trinajstić information content (AvgIpc) is 3.33. The summed E-state index contributed by atoms with van der Waals surface area (Å²) in [5.74, 6) is -0.255. The predicted molar refractivity (Wildman–Crippen MR) is 267 cm³/mol. The van der Waals surface area contributed by atoms with Gasteiger partial charge in [-0.3, -0.25) is 4.79 Å². The molecular formula is C54H93NO13. The molecule has 2 aliphatic rings. The van der Waals surface area contributed by atoms with Gasteiger partial charge in [0.25, 0.3) is 0 Å². The maximum absolute atomic E-state index is 13.0. The molecule has 14 heteroatoms. The van der Waals surface area contributed by atoms with Crippen molar-refractivity contribution in [3.05, 3.63) is 72.9 Å². The number of rotatable bonds is 39. The van der Waals surface area contributed by atoms with E-state index in [4.69, 9.17) is 18.9 Å². The molecule has 1 amide bonds. The fourth-order valence-electron chi connectivity index (χ4n) is 8.15. The van der Waals surface area contributed by atoms with Crippen LogP contribution in [0.1, 0.15) is 168 Å². The molecule has 0 aliphatic carbocycles. The summed E-state index contributed by atoms with van der Waals surface area (Å²) in [6.45, 7) is 2.43. The quantitative estimate of drug-likeness (QED) is 0.0220. The molecule has 12 atom stereocenters. The zero-order valence-corrected chi connectivity index (χ0v) is 41.6. The van der Waals surface area contributed by atoms with Crippen LogP contribution in [0, 0.1) is 0 Å². The number of hydrogen-bond acceptors (Lipinski definition) is 13. The predicted octanol–water partition coefficient (Wildman–Crippen LogP) is 7.21. The first-order chi connectivity index (χ1) is 33.1. The Morgan fingerprint density at radius 3 is 1.53 bits per heavy atom. The van der Waals surface area contributed by atoms with Crippen LogP contribution in [0.2, 0.25) is 0 Å². The zero-order valence-electron chi connectivity index (χ0n) is 41.6. The van der Waals surface area contributed by atoms with Crippen molar-refractivity contribution in [1.29, 1.82) is 0 Å². The second kappa shape index (κ2) is 40.1. The van der Waals surface area contributed by atoms with Crippen LogP contribution in [0.3, 0.4) is 0 Å². The van der Waals surface area contributed by atoms with Gasteiger partial charge in [-0.25, -0.2) is 0 Å². The molecule has 14 nitrogen and oxygen atoms in total. The zero-order chi connectivity index (χ0) is 49.6. The Kier molecular flexibility index (Phi) is 36.3. The van der Waals surface area contributed by atoms with Crippen LogP contribution < -0.4 is 5.32 Å². The highest BCUT2D eigenvalue weighted by atomic mass is 16.7. The van der Waals surface area contributed by atoms with Gasteiger partial charge in [0.05, 0.1) is 32.0 Å². The Morgan fingerprint density at radius 2 is 1.01 bits per heavy atom. The molecule has 2 saturated heterocycles. The van der Waals surface area contributed by atoms with E-state index >= 15 is 0 Å². The molecule has 0 saturated carbocycles. The first kappa shape index (κ1) is 61.5. The molecule has 9 N–H and O–H groups in total. The molecule has 0 bridgehead atoms. The Morgan fingerprint density at radius 1 is 0.544 bits per heavy atom. The van der Waals surface area contributed by atoms with E-state index in [0.717, 1.165) is 64.2 Å². The summed E-state index contributed by atoms with van der Waals surface area (Å²) in [7, 11) is 0. The summed E-state index contributed by atoms with van der Waals surface area (Å²) in [5.41, 5.74) is 0. The number of unbranched alkanes of at least 4 members (excludes halogenated alkanes) is 16.